The van der Waals surface area contributed by atoms with Crippen LogP contribution in [0.2, 0.25) is 0 Å². The predicted octanol–water partition coefficient (Wildman–Crippen LogP) is 3.88. The summed E-state index contributed by atoms with van der Waals surface area (Å²) in [6.45, 7) is 7.72. The molecule has 4 heteroatoms. The summed E-state index contributed by atoms with van der Waals surface area (Å²) in [5.74, 6) is 0.0376. The normalized spacial score (nSPS) is 12.1. The van der Waals surface area contributed by atoms with Crippen LogP contribution in [0.1, 0.15) is 39.4 Å². The molecule has 114 valence electrons. The number of aromatic nitrogens is 1. The topological polar surface area (TPSA) is 51.5 Å². The van der Waals surface area contributed by atoms with Crippen molar-refractivity contribution in [2.45, 2.75) is 40.2 Å². The summed E-state index contributed by atoms with van der Waals surface area (Å²) >= 11 is 0. The Morgan fingerprint density at radius 2 is 2.05 bits per heavy atom. The van der Waals surface area contributed by atoms with Gasteiger partial charge in [0.25, 0.3) is 0 Å². The molecule has 1 aromatic carbocycles. The smallest absolute Gasteiger partial charge is 0.309 e. The summed E-state index contributed by atoms with van der Waals surface area (Å²) in [6.07, 6.45) is 0.484. The van der Waals surface area contributed by atoms with Crippen molar-refractivity contribution in [1.82, 2.24) is 4.57 Å². The third-order valence-electron chi connectivity index (χ3n) is 3.84. The molecule has 2 rings (SSSR count). The van der Waals surface area contributed by atoms with Crippen LogP contribution < -0.4 is 4.74 Å². The molecule has 0 saturated heterocycles. The predicted molar refractivity (Wildman–Crippen MR) is 84.0 cm³/mol. The average Bonchev–Trinajstić information content (AvgIpc) is 2.75. The Hall–Kier alpha value is -1.97. The van der Waals surface area contributed by atoms with Gasteiger partial charge in [-0.25, -0.2) is 0 Å². The van der Waals surface area contributed by atoms with Gasteiger partial charge in [-0.15, -0.1) is 0 Å². The summed E-state index contributed by atoms with van der Waals surface area (Å²) in [5, 5.41) is 10.5. The van der Waals surface area contributed by atoms with E-state index in [2.05, 4.69) is 24.5 Å². The molecular formula is C17H23NO3. The number of carboxylic acid groups (broad SMARTS) is 1. The van der Waals surface area contributed by atoms with Crippen LogP contribution in [0, 0.1) is 5.41 Å². The van der Waals surface area contributed by atoms with E-state index in [1.54, 1.807) is 21.0 Å². The number of para-hydroxylation sites is 1. The van der Waals surface area contributed by atoms with Crippen LogP contribution in [-0.2, 0) is 11.2 Å². The van der Waals surface area contributed by atoms with Crippen molar-refractivity contribution in [3.05, 3.63) is 30.0 Å². The molecule has 0 aliphatic carbocycles. The molecule has 1 aromatic heterocycles. The van der Waals surface area contributed by atoms with E-state index in [1.807, 2.05) is 18.2 Å². The number of hydrogen-bond acceptors (Lipinski definition) is 2. The molecule has 2 aromatic rings. The number of carbonyl (C=O) groups is 1. The summed E-state index contributed by atoms with van der Waals surface area (Å²) in [4.78, 5) is 11.4. The van der Waals surface area contributed by atoms with Crippen LogP contribution >= 0.6 is 0 Å². The summed E-state index contributed by atoms with van der Waals surface area (Å²) in [6, 6.07) is 8.24. The molecule has 0 aliphatic rings. The first-order valence-electron chi connectivity index (χ1n) is 7.18. The zero-order valence-electron chi connectivity index (χ0n) is 13.3. The van der Waals surface area contributed by atoms with Gasteiger partial charge in [-0.05, 0) is 39.8 Å². The van der Waals surface area contributed by atoms with Gasteiger partial charge in [0.2, 0.25) is 0 Å². The van der Waals surface area contributed by atoms with Gasteiger partial charge in [0, 0.05) is 23.5 Å². The Kier molecular flexibility index (Phi) is 3.99. The molecule has 0 atom stereocenters. The maximum Gasteiger partial charge on any atom is 0.309 e. The number of benzene rings is 1. The van der Waals surface area contributed by atoms with Crippen LogP contribution in [0.15, 0.2) is 24.3 Å². The molecule has 0 radical (unpaired) electrons. The van der Waals surface area contributed by atoms with Gasteiger partial charge in [0.05, 0.1) is 18.0 Å². The fraction of sp³-hybridized carbons (Fsp3) is 0.471. The summed E-state index contributed by atoms with van der Waals surface area (Å²) < 4.78 is 7.65. The quantitative estimate of drug-likeness (QED) is 0.908. The van der Waals surface area contributed by atoms with Crippen LogP contribution in [0.25, 0.3) is 10.9 Å². The van der Waals surface area contributed by atoms with Gasteiger partial charge < -0.3 is 14.4 Å². The zero-order chi connectivity index (χ0) is 15.8. The second-order valence-corrected chi connectivity index (χ2v) is 6.36. The van der Waals surface area contributed by atoms with Gasteiger partial charge in [-0.3, -0.25) is 4.79 Å². The number of ether oxygens (including phenoxy) is 1. The third-order valence-corrected chi connectivity index (χ3v) is 3.84. The maximum atomic E-state index is 11.4. The lowest BCUT2D eigenvalue weighted by atomic mass is 9.88. The van der Waals surface area contributed by atoms with E-state index in [0.717, 1.165) is 22.3 Å². The highest BCUT2D eigenvalue weighted by molar-refractivity contribution is 5.87. The van der Waals surface area contributed by atoms with E-state index in [-0.39, 0.29) is 6.04 Å². The van der Waals surface area contributed by atoms with Crippen molar-refractivity contribution < 1.29 is 14.6 Å². The van der Waals surface area contributed by atoms with Crippen LogP contribution in [0.5, 0.6) is 5.75 Å². The van der Waals surface area contributed by atoms with E-state index in [1.165, 1.54) is 0 Å². The average molecular weight is 289 g/mol. The molecule has 1 N–H and O–H groups in total. The first-order valence-corrected chi connectivity index (χ1v) is 7.18. The Balaban J connectivity index is 2.64. The zero-order valence-corrected chi connectivity index (χ0v) is 13.3. The van der Waals surface area contributed by atoms with E-state index < -0.39 is 11.4 Å². The van der Waals surface area contributed by atoms with Crippen LogP contribution in [-0.4, -0.2) is 22.8 Å². The summed E-state index contributed by atoms with van der Waals surface area (Å²) in [5.41, 5.74) is 1.26. The Bertz CT molecular complexity index is 668. The van der Waals surface area contributed by atoms with Crippen LogP contribution in [0.4, 0.5) is 0 Å². The lowest BCUT2D eigenvalue weighted by Crippen LogP contribution is -2.27. The number of aliphatic carboxylic acids is 1. The van der Waals surface area contributed by atoms with Gasteiger partial charge in [0.1, 0.15) is 5.75 Å². The van der Waals surface area contributed by atoms with Gasteiger partial charge in [-0.1, -0.05) is 12.1 Å². The van der Waals surface area contributed by atoms with E-state index in [9.17, 15) is 9.90 Å². The lowest BCUT2D eigenvalue weighted by molar-refractivity contribution is -0.146. The minimum absolute atomic E-state index is 0.235. The van der Waals surface area contributed by atoms with Crippen molar-refractivity contribution in [3.63, 3.8) is 0 Å². The molecule has 0 bridgehead atoms. The monoisotopic (exact) mass is 289 g/mol. The number of fused-ring (bicyclic) bond motifs is 1. The van der Waals surface area contributed by atoms with Gasteiger partial charge in [0.15, 0.2) is 0 Å². The number of methoxy groups -OCH3 is 1. The second kappa shape index (κ2) is 5.43. The number of hydrogen-bond donors (Lipinski definition) is 1. The van der Waals surface area contributed by atoms with E-state index in [4.69, 9.17) is 4.74 Å². The number of carboxylic acids is 1. The van der Waals surface area contributed by atoms with E-state index in [0.29, 0.717) is 6.42 Å². The molecule has 0 fully saturated rings. The molecule has 0 amide bonds. The van der Waals surface area contributed by atoms with E-state index >= 15 is 0 Å². The van der Waals surface area contributed by atoms with Crippen LogP contribution in [0.3, 0.4) is 0 Å². The largest absolute Gasteiger partial charge is 0.495 e. The Morgan fingerprint density at radius 3 is 2.57 bits per heavy atom. The van der Waals surface area contributed by atoms with Crippen molar-refractivity contribution in [1.29, 1.82) is 0 Å². The fourth-order valence-electron chi connectivity index (χ4n) is 2.73. The molecule has 0 spiro atoms. The molecule has 21 heavy (non-hydrogen) atoms. The first kappa shape index (κ1) is 15.4. The maximum absolute atomic E-state index is 11.4. The minimum atomic E-state index is -0.797. The molecular weight excluding hydrogens is 266 g/mol. The first-order chi connectivity index (χ1) is 9.77. The molecule has 0 saturated carbocycles. The highest BCUT2D eigenvalue weighted by atomic mass is 16.5. The standard InChI is InChI=1S/C17H23NO3/c1-11(2)18-13(10-17(3,4)16(19)20)9-12-7-6-8-14(21-5)15(12)18/h6-9,11H,10H2,1-5H3,(H,19,20). The van der Waals surface area contributed by atoms with Crippen molar-refractivity contribution in [3.8, 4) is 5.75 Å². The molecule has 0 unspecified atom stereocenters. The summed E-state index contributed by atoms with van der Waals surface area (Å²) in [7, 11) is 1.66. The highest BCUT2D eigenvalue weighted by Gasteiger charge is 2.30. The van der Waals surface area contributed by atoms with Crippen molar-refractivity contribution in [2.75, 3.05) is 7.11 Å². The molecule has 4 nitrogen and oxygen atoms in total. The second-order valence-electron chi connectivity index (χ2n) is 6.36. The fourth-order valence-corrected chi connectivity index (χ4v) is 2.73. The molecule has 0 aliphatic heterocycles. The minimum Gasteiger partial charge on any atom is -0.495 e. The highest BCUT2D eigenvalue weighted by Crippen LogP contribution is 2.34. The Labute approximate surface area is 125 Å². The number of nitrogens with zero attached hydrogens (tertiary/aromatic N) is 1. The Morgan fingerprint density at radius 1 is 1.38 bits per heavy atom. The van der Waals surface area contributed by atoms with Crippen molar-refractivity contribution >= 4 is 16.9 Å². The lowest BCUT2D eigenvalue weighted by Gasteiger charge is -2.22. The van der Waals surface area contributed by atoms with Crippen molar-refractivity contribution in [2.24, 2.45) is 5.41 Å². The number of rotatable bonds is 5. The third kappa shape index (κ3) is 2.75. The van der Waals surface area contributed by atoms with Gasteiger partial charge >= 0.3 is 5.97 Å². The SMILES string of the molecule is COc1cccc2cc(CC(C)(C)C(=O)O)n(C(C)C)c12. The van der Waals surface area contributed by atoms with Gasteiger partial charge in [-0.2, -0.15) is 0 Å². The molecule has 1 heterocycles.